The number of fused-ring (bicyclic) bond motifs is 5. The van der Waals surface area contributed by atoms with Gasteiger partial charge in [0, 0.05) is 37.5 Å². The van der Waals surface area contributed by atoms with E-state index in [9.17, 15) is 34.8 Å². The predicted molar refractivity (Wildman–Crippen MR) is 146 cm³/mol. The summed E-state index contributed by atoms with van der Waals surface area (Å²) in [5.74, 6) is -3.37. The molecule has 0 radical (unpaired) electrons. The zero-order valence-corrected chi connectivity index (χ0v) is 24.7. The van der Waals surface area contributed by atoms with E-state index in [0.29, 0.717) is 5.57 Å². The highest BCUT2D eigenvalue weighted by Gasteiger charge is 2.77. The molecule has 0 spiro atoms. The van der Waals surface area contributed by atoms with Gasteiger partial charge in [0.25, 0.3) is 0 Å². The lowest BCUT2D eigenvalue weighted by molar-refractivity contribution is -0.365. The molecule has 4 aliphatic rings. The zero-order chi connectivity index (χ0) is 31.0. The van der Waals surface area contributed by atoms with Gasteiger partial charge in [0.15, 0.2) is 5.60 Å². The average molecular weight is 589 g/mol. The molecule has 3 aliphatic carbocycles. The normalized spacial score (nSPS) is 42.1. The summed E-state index contributed by atoms with van der Waals surface area (Å²) in [6.07, 6.45) is -8.35. The van der Waals surface area contributed by atoms with E-state index >= 15 is 0 Å². The molecule has 0 aromatic heterocycles. The van der Waals surface area contributed by atoms with Gasteiger partial charge in [-0.3, -0.25) is 9.59 Å². The predicted octanol–water partition coefficient (Wildman–Crippen LogP) is 1.44. The first-order valence-corrected chi connectivity index (χ1v) is 14.2. The number of rotatable bonds is 4. The van der Waals surface area contributed by atoms with Crippen molar-refractivity contribution in [3.05, 3.63) is 47.0 Å². The fraction of sp³-hybridized carbons (Fsp3) is 0.645. The van der Waals surface area contributed by atoms with Gasteiger partial charge in [0.1, 0.15) is 30.0 Å². The summed E-state index contributed by atoms with van der Waals surface area (Å²) >= 11 is 0. The van der Waals surface area contributed by atoms with E-state index in [-0.39, 0.29) is 30.6 Å². The molecule has 1 heterocycles. The Labute approximate surface area is 244 Å². The first-order valence-electron chi connectivity index (χ1n) is 14.2. The van der Waals surface area contributed by atoms with E-state index < -0.39 is 82.5 Å². The highest BCUT2D eigenvalue weighted by Crippen LogP contribution is 2.65. The molecule has 1 aliphatic heterocycles. The molecule has 2 saturated carbocycles. The maximum absolute atomic E-state index is 13.7. The minimum absolute atomic E-state index is 0.0423. The molecular formula is C31H40O11. The van der Waals surface area contributed by atoms with Crippen LogP contribution in [-0.4, -0.2) is 92.8 Å². The molecule has 42 heavy (non-hydrogen) atoms. The minimum atomic E-state index is -2.07. The van der Waals surface area contributed by atoms with E-state index in [0.717, 1.165) is 0 Å². The van der Waals surface area contributed by atoms with Crippen LogP contribution in [0.3, 0.4) is 0 Å². The Kier molecular flexibility index (Phi) is 7.38. The third-order valence-electron chi connectivity index (χ3n) is 10.5. The van der Waals surface area contributed by atoms with Crippen LogP contribution in [0.15, 0.2) is 41.5 Å². The maximum Gasteiger partial charge on any atom is 0.338 e. The largest absolute Gasteiger partial charge is 0.458 e. The molecule has 5 rings (SSSR count). The molecule has 4 N–H and O–H groups in total. The molecule has 0 amide bonds. The lowest BCUT2D eigenvalue weighted by Crippen LogP contribution is -2.82. The van der Waals surface area contributed by atoms with Crippen LogP contribution in [0.5, 0.6) is 0 Å². The summed E-state index contributed by atoms with van der Waals surface area (Å²) < 4.78 is 23.6. The van der Waals surface area contributed by atoms with Crippen molar-refractivity contribution in [3.8, 4) is 0 Å². The minimum Gasteiger partial charge on any atom is -0.458 e. The van der Waals surface area contributed by atoms with E-state index in [1.165, 1.54) is 20.8 Å². The Morgan fingerprint density at radius 2 is 1.62 bits per heavy atom. The number of esters is 3. The second-order valence-electron chi connectivity index (χ2n) is 13.0. The number of hydrogen-bond acceptors (Lipinski definition) is 11. The Bertz CT molecular complexity index is 1310. The molecule has 2 bridgehead atoms. The van der Waals surface area contributed by atoms with Crippen molar-refractivity contribution >= 4 is 17.9 Å². The van der Waals surface area contributed by atoms with E-state index in [1.54, 1.807) is 51.1 Å². The van der Waals surface area contributed by atoms with E-state index in [2.05, 4.69) is 0 Å². The molecule has 10 atom stereocenters. The summed E-state index contributed by atoms with van der Waals surface area (Å²) in [5.41, 5.74) is -5.83. The van der Waals surface area contributed by atoms with Gasteiger partial charge < -0.3 is 39.4 Å². The van der Waals surface area contributed by atoms with Crippen LogP contribution in [0.25, 0.3) is 0 Å². The third-order valence-corrected chi connectivity index (χ3v) is 10.5. The number of hydrogen-bond donors (Lipinski definition) is 4. The van der Waals surface area contributed by atoms with Crippen LogP contribution in [0.1, 0.15) is 64.7 Å². The summed E-state index contributed by atoms with van der Waals surface area (Å²) in [6.45, 7) is 8.78. The van der Waals surface area contributed by atoms with Gasteiger partial charge in [0.05, 0.1) is 30.3 Å². The van der Waals surface area contributed by atoms with Crippen LogP contribution >= 0.6 is 0 Å². The van der Waals surface area contributed by atoms with Crippen molar-refractivity contribution in [1.29, 1.82) is 0 Å². The molecule has 1 aromatic carbocycles. The number of aliphatic hydroxyl groups excluding tert-OH is 3. The van der Waals surface area contributed by atoms with Gasteiger partial charge in [-0.1, -0.05) is 39.0 Å². The Hall–Kier alpha value is -2.83. The molecule has 3 fully saturated rings. The van der Waals surface area contributed by atoms with Gasteiger partial charge in [-0.15, -0.1) is 0 Å². The molecule has 230 valence electrons. The van der Waals surface area contributed by atoms with Crippen molar-refractivity contribution in [1.82, 2.24) is 0 Å². The summed E-state index contributed by atoms with van der Waals surface area (Å²) in [6, 6.07) is 8.12. The van der Waals surface area contributed by atoms with Crippen LogP contribution in [0, 0.1) is 16.7 Å². The van der Waals surface area contributed by atoms with Gasteiger partial charge in [-0.05, 0) is 30.2 Å². The SMILES string of the molecule is CC(=O)OC1C[C@@]2(O)C(OC(=O)c3ccccc3)[C@H]3[C@@](C)(C(O)CC4OC[C@]43OC(C)=O)C(O)C(O)C(=C1C)C2(C)C. The lowest BCUT2D eigenvalue weighted by Gasteiger charge is -2.69. The molecule has 1 aromatic rings. The Morgan fingerprint density at radius 3 is 2.17 bits per heavy atom. The highest BCUT2D eigenvalue weighted by atomic mass is 16.6. The van der Waals surface area contributed by atoms with Gasteiger partial charge in [-0.2, -0.15) is 0 Å². The first-order chi connectivity index (χ1) is 19.5. The topological polar surface area (TPSA) is 169 Å². The fourth-order valence-corrected chi connectivity index (χ4v) is 8.20. The maximum atomic E-state index is 13.7. The fourth-order valence-electron chi connectivity index (χ4n) is 8.20. The Morgan fingerprint density at radius 1 is 0.976 bits per heavy atom. The van der Waals surface area contributed by atoms with Gasteiger partial charge in [-0.25, -0.2) is 4.79 Å². The van der Waals surface area contributed by atoms with E-state index in [4.69, 9.17) is 18.9 Å². The zero-order valence-electron chi connectivity index (χ0n) is 24.7. The summed E-state index contributed by atoms with van der Waals surface area (Å²) in [4.78, 5) is 38.5. The van der Waals surface area contributed by atoms with Crippen molar-refractivity contribution in [3.63, 3.8) is 0 Å². The standard InChI is InChI=1S/C31H40O11/c1-15-19(40-16(2)32)13-31(38)26(41-27(37)18-10-8-7-9-11-18)24-29(6,25(36)23(35)22(15)28(31,4)5)20(34)12-21-30(24,14-39-21)42-17(3)33/h7-11,19-21,23-26,34-36,38H,12-14H2,1-6H3/t19?,20?,21?,23?,24-,25?,26?,29+,30-,31+/m0/s1. The smallest absolute Gasteiger partial charge is 0.338 e. The third kappa shape index (κ3) is 4.16. The second-order valence-corrected chi connectivity index (χ2v) is 13.0. The van der Waals surface area contributed by atoms with Crippen LogP contribution in [0.4, 0.5) is 0 Å². The second kappa shape index (κ2) is 10.1. The van der Waals surface area contributed by atoms with Crippen LogP contribution < -0.4 is 0 Å². The van der Waals surface area contributed by atoms with Crippen molar-refractivity contribution < 1.29 is 53.8 Å². The lowest BCUT2D eigenvalue weighted by atomic mass is 9.44. The van der Waals surface area contributed by atoms with Crippen LogP contribution in [-0.2, 0) is 28.5 Å². The number of benzene rings is 1. The number of aliphatic hydroxyl groups is 4. The quantitative estimate of drug-likeness (QED) is 0.228. The van der Waals surface area contributed by atoms with Gasteiger partial charge >= 0.3 is 17.9 Å². The van der Waals surface area contributed by atoms with E-state index in [1.807, 2.05) is 0 Å². The molecule has 11 heteroatoms. The first kappa shape index (κ1) is 30.6. The molecule has 6 unspecified atom stereocenters. The van der Waals surface area contributed by atoms with Gasteiger partial charge in [0.2, 0.25) is 0 Å². The summed E-state index contributed by atoms with van der Waals surface area (Å²) in [7, 11) is 0. The molecular weight excluding hydrogens is 548 g/mol. The highest BCUT2D eigenvalue weighted by molar-refractivity contribution is 5.89. The Balaban J connectivity index is 1.82. The number of carbonyl (C=O) groups excluding carboxylic acids is 3. The van der Waals surface area contributed by atoms with Crippen LogP contribution in [0.2, 0.25) is 0 Å². The average Bonchev–Trinajstić information content (AvgIpc) is 2.90. The van der Waals surface area contributed by atoms with Crippen molar-refractivity contribution in [2.24, 2.45) is 16.7 Å². The monoisotopic (exact) mass is 588 g/mol. The van der Waals surface area contributed by atoms with Crippen molar-refractivity contribution in [2.45, 2.75) is 102 Å². The number of carbonyl (C=O) groups is 3. The molecule has 1 saturated heterocycles. The molecule has 11 nitrogen and oxygen atoms in total. The number of ether oxygens (including phenoxy) is 4. The van der Waals surface area contributed by atoms with Crippen molar-refractivity contribution in [2.75, 3.05) is 6.61 Å². The summed E-state index contributed by atoms with van der Waals surface area (Å²) in [5, 5.41) is 48.4.